The Hall–Kier alpha value is -0.120. The van der Waals surface area contributed by atoms with Crippen molar-refractivity contribution in [3.63, 3.8) is 0 Å². The minimum atomic E-state index is 0.309. The monoisotopic (exact) mass is 156 g/mol. The zero-order valence-electron chi connectivity index (χ0n) is 6.79. The van der Waals surface area contributed by atoms with Crippen LogP contribution in [-0.4, -0.2) is 48.3 Å². The van der Waals surface area contributed by atoms with Crippen LogP contribution in [0.15, 0.2) is 0 Å². The molecule has 2 saturated heterocycles. The molecule has 0 aromatic carbocycles. The number of aliphatic hydroxyl groups excluding tert-OH is 1. The molecule has 2 fully saturated rings. The molecule has 0 aromatic heterocycles. The van der Waals surface area contributed by atoms with Crippen molar-refractivity contribution in [2.45, 2.75) is 24.9 Å². The molecule has 0 bridgehead atoms. The summed E-state index contributed by atoms with van der Waals surface area (Å²) in [7, 11) is 0. The summed E-state index contributed by atoms with van der Waals surface area (Å²) in [6.07, 6.45) is 2.62. The average molecular weight is 156 g/mol. The number of piperazine rings is 1. The Labute approximate surface area is 67.4 Å². The number of hydrogen-bond acceptors (Lipinski definition) is 3. The molecule has 0 saturated carbocycles. The maximum absolute atomic E-state index is 9.06. The molecule has 2 heterocycles. The summed E-state index contributed by atoms with van der Waals surface area (Å²) in [5.41, 5.74) is 0. The molecular formula is C8H16N2O. The van der Waals surface area contributed by atoms with Crippen LogP contribution in [0.5, 0.6) is 0 Å². The first-order chi connectivity index (χ1) is 5.42. The van der Waals surface area contributed by atoms with E-state index in [2.05, 4.69) is 10.2 Å². The van der Waals surface area contributed by atoms with Crippen molar-refractivity contribution >= 4 is 0 Å². The van der Waals surface area contributed by atoms with Crippen molar-refractivity contribution < 1.29 is 5.11 Å². The van der Waals surface area contributed by atoms with Gasteiger partial charge in [-0.2, -0.15) is 0 Å². The van der Waals surface area contributed by atoms with Gasteiger partial charge in [0.2, 0.25) is 0 Å². The molecule has 3 nitrogen and oxygen atoms in total. The highest BCUT2D eigenvalue weighted by atomic mass is 16.3. The van der Waals surface area contributed by atoms with Gasteiger partial charge in [0, 0.05) is 25.2 Å². The molecule has 0 spiro atoms. The fraction of sp³-hybridized carbons (Fsp3) is 1.00. The van der Waals surface area contributed by atoms with Crippen molar-refractivity contribution in [3.8, 4) is 0 Å². The number of rotatable bonds is 1. The van der Waals surface area contributed by atoms with Gasteiger partial charge in [0.25, 0.3) is 0 Å². The SMILES string of the molecule is OCC1CNCC2CCCN12. The first-order valence-electron chi connectivity index (χ1n) is 4.49. The summed E-state index contributed by atoms with van der Waals surface area (Å²) in [4.78, 5) is 2.45. The Bertz CT molecular complexity index is 140. The Balaban J connectivity index is 2.00. The van der Waals surface area contributed by atoms with Gasteiger partial charge in [-0.1, -0.05) is 0 Å². The van der Waals surface area contributed by atoms with E-state index in [4.69, 9.17) is 5.11 Å². The number of fused-ring (bicyclic) bond motifs is 1. The standard InChI is InChI=1S/C8H16N2O/c11-6-8-5-9-4-7-2-1-3-10(7)8/h7-9,11H,1-6H2. The fourth-order valence-corrected chi connectivity index (χ4v) is 2.26. The quantitative estimate of drug-likeness (QED) is 0.533. The van der Waals surface area contributed by atoms with Crippen molar-refractivity contribution in [3.05, 3.63) is 0 Å². The van der Waals surface area contributed by atoms with E-state index in [0.717, 1.165) is 13.1 Å². The van der Waals surface area contributed by atoms with Crippen LogP contribution in [0.3, 0.4) is 0 Å². The molecule has 0 amide bonds. The first-order valence-corrected chi connectivity index (χ1v) is 4.49. The summed E-state index contributed by atoms with van der Waals surface area (Å²) < 4.78 is 0. The lowest BCUT2D eigenvalue weighted by atomic mass is 10.1. The average Bonchev–Trinajstić information content (AvgIpc) is 2.50. The van der Waals surface area contributed by atoms with Gasteiger partial charge in [0.05, 0.1) is 6.61 Å². The summed E-state index contributed by atoms with van der Waals surface area (Å²) in [6, 6.07) is 1.09. The number of aliphatic hydroxyl groups is 1. The van der Waals surface area contributed by atoms with Crippen LogP contribution in [0.25, 0.3) is 0 Å². The third kappa shape index (κ3) is 1.28. The number of nitrogens with zero attached hydrogens (tertiary/aromatic N) is 1. The van der Waals surface area contributed by atoms with E-state index in [-0.39, 0.29) is 0 Å². The van der Waals surface area contributed by atoms with E-state index in [1.807, 2.05) is 0 Å². The molecule has 0 radical (unpaired) electrons. The second kappa shape index (κ2) is 3.09. The summed E-state index contributed by atoms with van der Waals surface area (Å²) in [5.74, 6) is 0. The maximum atomic E-state index is 9.06. The summed E-state index contributed by atoms with van der Waals surface area (Å²) in [5, 5.41) is 12.4. The largest absolute Gasteiger partial charge is 0.395 e. The Morgan fingerprint density at radius 3 is 3.18 bits per heavy atom. The minimum Gasteiger partial charge on any atom is -0.395 e. The molecule has 2 atom stereocenters. The van der Waals surface area contributed by atoms with E-state index in [1.165, 1.54) is 19.4 Å². The van der Waals surface area contributed by atoms with Crippen molar-refractivity contribution in [1.82, 2.24) is 10.2 Å². The molecule has 0 aromatic rings. The molecule has 2 N–H and O–H groups in total. The van der Waals surface area contributed by atoms with Gasteiger partial charge in [-0.3, -0.25) is 4.90 Å². The van der Waals surface area contributed by atoms with Crippen LogP contribution < -0.4 is 5.32 Å². The molecule has 2 rings (SSSR count). The molecule has 2 aliphatic rings. The fourth-order valence-electron chi connectivity index (χ4n) is 2.26. The predicted octanol–water partition coefficient (Wildman–Crippen LogP) is -0.585. The van der Waals surface area contributed by atoms with Gasteiger partial charge in [0.1, 0.15) is 0 Å². The molecule has 11 heavy (non-hydrogen) atoms. The predicted molar refractivity (Wildman–Crippen MR) is 43.5 cm³/mol. The van der Waals surface area contributed by atoms with E-state index >= 15 is 0 Å². The Morgan fingerprint density at radius 1 is 1.45 bits per heavy atom. The lowest BCUT2D eigenvalue weighted by Gasteiger charge is -2.37. The van der Waals surface area contributed by atoms with Crippen molar-refractivity contribution in [2.24, 2.45) is 0 Å². The normalized spacial score (nSPS) is 39.0. The van der Waals surface area contributed by atoms with E-state index in [9.17, 15) is 0 Å². The molecule has 2 unspecified atom stereocenters. The van der Waals surface area contributed by atoms with E-state index in [0.29, 0.717) is 18.7 Å². The van der Waals surface area contributed by atoms with Crippen LogP contribution in [0.4, 0.5) is 0 Å². The highest BCUT2D eigenvalue weighted by Gasteiger charge is 2.32. The zero-order chi connectivity index (χ0) is 7.68. The second-order valence-electron chi connectivity index (χ2n) is 3.53. The second-order valence-corrected chi connectivity index (χ2v) is 3.53. The molecular weight excluding hydrogens is 140 g/mol. The zero-order valence-corrected chi connectivity index (χ0v) is 6.79. The highest BCUT2D eigenvalue weighted by molar-refractivity contribution is 4.90. The first kappa shape index (κ1) is 7.53. The molecule has 2 aliphatic heterocycles. The third-order valence-electron chi connectivity index (χ3n) is 2.86. The van der Waals surface area contributed by atoms with Crippen molar-refractivity contribution in [1.29, 1.82) is 0 Å². The van der Waals surface area contributed by atoms with Crippen LogP contribution in [0.2, 0.25) is 0 Å². The summed E-state index contributed by atoms with van der Waals surface area (Å²) in [6.45, 7) is 3.59. The van der Waals surface area contributed by atoms with E-state index in [1.54, 1.807) is 0 Å². The lowest BCUT2D eigenvalue weighted by molar-refractivity contribution is 0.0850. The van der Waals surface area contributed by atoms with Gasteiger partial charge in [-0.05, 0) is 19.4 Å². The Morgan fingerprint density at radius 2 is 2.36 bits per heavy atom. The van der Waals surface area contributed by atoms with Gasteiger partial charge in [0.15, 0.2) is 0 Å². The molecule has 3 heteroatoms. The summed E-state index contributed by atoms with van der Waals surface area (Å²) >= 11 is 0. The van der Waals surface area contributed by atoms with Crippen LogP contribution in [0.1, 0.15) is 12.8 Å². The van der Waals surface area contributed by atoms with Crippen LogP contribution in [-0.2, 0) is 0 Å². The van der Waals surface area contributed by atoms with E-state index < -0.39 is 0 Å². The van der Waals surface area contributed by atoms with Crippen molar-refractivity contribution in [2.75, 3.05) is 26.2 Å². The smallest absolute Gasteiger partial charge is 0.0599 e. The third-order valence-corrected chi connectivity index (χ3v) is 2.86. The molecule has 64 valence electrons. The van der Waals surface area contributed by atoms with Crippen LogP contribution in [0, 0.1) is 0 Å². The molecule has 0 aliphatic carbocycles. The minimum absolute atomic E-state index is 0.309. The topological polar surface area (TPSA) is 35.5 Å². The number of nitrogens with one attached hydrogen (secondary N) is 1. The van der Waals surface area contributed by atoms with Gasteiger partial charge < -0.3 is 10.4 Å². The lowest BCUT2D eigenvalue weighted by Crippen LogP contribution is -2.55. The Kier molecular flexibility index (Phi) is 2.11. The highest BCUT2D eigenvalue weighted by Crippen LogP contribution is 2.21. The van der Waals surface area contributed by atoms with Crippen LogP contribution >= 0.6 is 0 Å². The van der Waals surface area contributed by atoms with Gasteiger partial charge in [-0.25, -0.2) is 0 Å². The van der Waals surface area contributed by atoms with Gasteiger partial charge >= 0.3 is 0 Å². The number of hydrogen-bond donors (Lipinski definition) is 2. The maximum Gasteiger partial charge on any atom is 0.0599 e. The van der Waals surface area contributed by atoms with Gasteiger partial charge in [-0.15, -0.1) is 0 Å².